The number of carbonyl (C=O) groups excluding carboxylic acids is 2. The van der Waals surface area contributed by atoms with E-state index in [1.165, 1.54) is 0 Å². The van der Waals surface area contributed by atoms with E-state index in [1.807, 2.05) is 17.2 Å². The molecule has 6 heteroatoms. The summed E-state index contributed by atoms with van der Waals surface area (Å²) in [5.74, 6) is 0.185. The van der Waals surface area contributed by atoms with Gasteiger partial charge in [0.15, 0.2) is 0 Å². The lowest BCUT2D eigenvalue weighted by Crippen LogP contribution is -2.40. The molecule has 1 aromatic heterocycles. The van der Waals surface area contributed by atoms with E-state index in [4.69, 9.17) is 5.73 Å². The Kier molecular flexibility index (Phi) is 4.06. The molecule has 0 atom stereocenters. The molecule has 2 heterocycles. The standard InChI is InChI=1S/C15H20BrN3O2/c16-11-8-13(19(9-11)12-1-2-12)15(21)18-5-3-10(4-6-18)7-14(17)20/h8-10,12H,1-7H2,(H2,17,20). The van der Waals surface area contributed by atoms with Gasteiger partial charge in [-0.25, -0.2) is 0 Å². The molecular weight excluding hydrogens is 334 g/mol. The van der Waals surface area contributed by atoms with Gasteiger partial charge in [0.2, 0.25) is 5.91 Å². The summed E-state index contributed by atoms with van der Waals surface area (Å²) >= 11 is 3.47. The highest BCUT2D eigenvalue weighted by Gasteiger charge is 2.31. The van der Waals surface area contributed by atoms with Gasteiger partial charge in [-0.05, 0) is 53.6 Å². The van der Waals surface area contributed by atoms with Crippen LogP contribution >= 0.6 is 15.9 Å². The molecule has 0 radical (unpaired) electrons. The van der Waals surface area contributed by atoms with Gasteiger partial charge in [0.1, 0.15) is 5.69 Å². The highest BCUT2D eigenvalue weighted by atomic mass is 79.9. The maximum absolute atomic E-state index is 12.7. The summed E-state index contributed by atoms with van der Waals surface area (Å²) in [4.78, 5) is 25.6. The fourth-order valence-corrected chi connectivity index (χ4v) is 3.50. The van der Waals surface area contributed by atoms with Gasteiger partial charge in [-0.2, -0.15) is 0 Å². The number of amides is 2. The number of hydrogen-bond acceptors (Lipinski definition) is 2. The summed E-state index contributed by atoms with van der Waals surface area (Å²) in [6.07, 6.45) is 6.47. The van der Waals surface area contributed by atoms with E-state index in [9.17, 15) is 9.59 Å². The summed E-state index contributed by atoms with van der Waals surface area (Å²) in [5, 5.41) is 0. The summed E-state index contributed by atoms with van der Waals surface area (Å²) in [5.41, 5.74) is 6.02. The van der Waals surface area contributed by atoms with Crippen LogP contribution in [0.2, 0.25) is 0 Å². The highest BCUT2D eigenvalue weighted by molar-refractivity contribution is 9.10. The Labute approximate surface area is 132 Å². The number of nitrogens with two attached hydrogens (primary N) is 1. The first-order valence-electron chi connectivity index (χ1n) is 7.49. The minimum absolute atomic E-state index is 0.102. The topological polar surface area (TPSA) is 68.3 Å². The first-order chi connectivity index (χ1) is 10.0. The molecule has 3 rings (SSSR count). The van der Waals surface area contributed by atoms with E-state index in [1.54, 1.807) is 0 Å². The maximum atomic E-state index is 12.7. The van der Waals surface area contributed by atoms with Gasteiger partial charge in [0.25, 0.3) is 5.91 Å². The molecule has 0 spiro atoms. The zero-order valence-corrected chi connectivity index (χ0v) is 13.5. The second-order valence-corrected chi connectivity index (χ2v) is 7.00. The van der Waals surface area contributed by atoms with Gasteiger partial charge in [-0.3, -0.25) is 9.59 Å². The molecule has 1 aliphatic heterocycles. The number of piperidine rings is 1. The molecule has 2 amide bonds. The van der Waals surface area contributed by atoms with Gasteiger partial charge in [-0.1, -0.05) is 0 Å². The molecule has 1 aliphatic carbocycles. The third-order valence-electron chi connectivity index (χ3n) is 4.37. The van der Waals surface area contributed by atoms with Crippen LogP contribution < -0.4 is 5.73 Å². The Hall–Kier alpha value is -1.30. The number of primary amides is 1. The highest BCUT2D eigenvalue weighted by Crippen LogP contribution is 2.38. The first-order valence-corrected chi connectivity index (χ1v) is 8.29. The molecule has 21 heavy (non-hydrogen) atoms. The molecule has 0 unspecified atom stereocenters. The lowest BCUT2D eigenvalue weighted by molar-refractivity contribution is -0.119. The van der Waals surface area contributed by atoms with Crippen LogP contribution in [-0.4, -0.2) is 34.4 Å². The predicted octanol–water partition coefficient (Wildman–Crippen LogP) is 2.31. The van der Waals surface area contributed by atoms with Crippen LogP contribution in [0, 0.1) is 5.92 Å². The summed E-state index contributed by atoms with van der Waals surface area (Å²) in [6, 6.07) is 2.40. The molecule has 0 bridgehead atoms. The number of nitrogens with zero attached hydrogens (tertiary/aromatic N) is 2. The van der Waals surface area contributed by atoms with Crippen molar-refractivity contribution in [1.82, 2.24) is 9.47 Å². The summed E-state index contributed by atoms with van der Waals surface area (Å²) < 4.78 is 3.06. The van der Waals surface area contributed by atoms with Crippen molar-refractivity contribution in [2.75, 3.05) is 13.1 Å². The van der Waals surface area contributed by atoms with Gasteiger partial charge >= 0.3 is 0 Å². The number of rotatable bonds is 4. The van der Waals surface area contributed by atoms with Crippen molar-refractivity contribution >= 4 is 27.7 Å². The average Bonchev–Trinajstić information content (AvgIpc) is 3.21. The summed E-state index contributed by atoms with van der Waals surface area (Å²) in [7, 11) is 0. The van der Waals surface area contributed by atoms with Crippen LogP contribution in [0.4, 0.5) is 0 Å². The SMILES string of the molecule is NC(=O)CC1CCN(C(=O)c2cc(Br)cn2C2CC2)CC1. The Morgan fingerprint density at radius 1 is 1.24 bits per heavy atom. The predicted molar refractivity (Wildman–Crippen MR) is 82.8 cm³/mol. The van der Waals surface area contributed by atoms with Gasteiger partial charge < -0.3 is 15.2 Å². The largest absolute Gasteiger partial charge is 0.370 e. The number of aromatic nitrogens is 1. The molecule has 1 saturated carbocycles. The molecule has 2 aliphatic rings. The molecule has 1 saturated heterocycles. The normalized spacial score (nSPS) is 19.8. The monoisotopic (exact) mass is 353 g/mol. The van der Waals surface area contributed by atoms with E-state index >= 15 is 0 Å². The zero-order chi connectivity index (χ0) is 15.0. The minimum atomic E-state index is -0.244. The van der Waals surface area contributed by atoms with E-state index in [0.717, 1.165) is 35.8 Å². The average molecular weight is 354 g/mol. The van der Waals surface area contributed by atoms with Gasteiger partial charge in [-0.15, -0.1) is 0 Å². The number of carbonyl (C=O) groups is 2. The molecule has 114 valence electrons. The zero-order valence-electron chi connectivity index (χ0n) is 11.9. The molecule has 5 nitrogen and oxygen atoms in total. The summed E-state index contributed by atoms with van der Waals surface area (Å²) in [6.45, 7) is 1.43. The molecule has 2 fully saturated rings. The second-order valence-electron chi connectivity index (χ2n) is 6.09. The van der Waals surface area contributed by atoms with Crippen LogP contribution in [0.1, 0.15) is 48.6 Å². The van der Waals surface area contributed by atoms with Gasteiger partial charge in [0, 0.05) is 36.2 Å². The number of likely N-dealkylation sites (tertiary alicyclic amines) is 1. The van der Waals surface area contributed by atoms with E-state index in [0.29, 0.717) is 31.5 Å². The Morgan fingerprint density at radius 3 is 2.48 bits per heavy atom. The van der Waals surface area contributed by atoms with Crippen molar-refractivity contribution in [2.45, 2.75) is 38.1 Å². The Morgan fingerprint density at radius 2 is 1.90 bits per heavy atom. The van der Waals surface area contributed by atoms with E-state index < -0.39 is 0 Å². The van der Waals surface area contributed by atoms with Crippen molar-refractivity contribution in [2.24, 2.45) is 11.7 Å². The minimum Gasteiger partial charge on any atom is -0.370 e. The van der Waals surface area contributed by atoms with Crippen molar-refractivity contribution in [3.05, 3.63) is 22.4 Å². The quantitative estimate of drug-likeness (QED) is 0.902. The number of hydrogen-bond donors (Lipinski definition) is 1. The number of halogens is 1. The molecular formula is C15H20BrN3O2. The fraction of sp³-hybridized carbons (Fsp3) is 0.600. The van der Waals surface area contributed by atoms with Crippen molar-refractivity contribution < 1.29 is 9.59 Å². The Balaban J connectivity index is 1.65. The molecule has 2 N–H and O–H groups in total. The van der Waals surface area contributed by atoms with Crippen LogP contribution in [0.3, 0.4) is 0 Å². The third-order valence-corrected chi connectivity index (χ3v) is 4.80. The second kappa shape index (κ2) is 5.83. The van der Waals surface area contributed by atoms with Crippen LogP contribution in [-0.2, 0) is 4.79 Å². The fourth-order valence-electron chi connectivity index (χ4n) is 3.06. The first kappa shape index (κ1) is 14.6. The Bertz CT molecular complexity index is 557. The maximum Gasteiger partial charge on any atom is 0.270 e. The third kappa shape index (κ3) is 3.31. The van der Waals surface area contributed by atoms with Crippen LogP contribution in [0.5, 0.6) is 0 Å². The molecule has 1 aromatic rings. The lowest BCUT2D eigenvalue weighted by atomic mass is 9.93. The van der Waals surface area contributed by atoms with Crippen LogP contribution in [0.25, 0.3) is 0 Å². The van der Waals surface area contributed by atoms with Gasteiger partial charge in [0.05, 0.1) is 0 Å². The van der Waals surface area contributed by atoms with Crippen molar-refractivity contribution in [3.8, 4) is 0 Å². The van der Waals surface area contributed by atoms with E-state index in [-0.39, 0.29) is 11.8 Å². The van der Waals surface area contributed by atoms with E-state index in [2.05, 4.69) is 20.5 Å². The van der Waals surface area contributed by atoms with Crippen LogP contribution in [0.15, 0.2) is 16.7 Å². The smallest absolute Gasteiger partial charge is 0.270 e. The molecule has 0 aromatic carbocycles. The van der Waals surface area contributed by atoms with Crippen molar-refractivity contribution in [3.63, 3.8) is 0 Å². The van der Waals surface area contributed by atoms with Crippen molar-refractivity contribution in [1.29, 1.82) is 0 Å². The lowest BCUT2D eigenvalue weighted by Gasteiger charge is -2.31.